The Bertz CT molecular complexity index is 2220. The van der Waals surface area contributed by atoms with Crippen LogP contribution in [-0.4, -0.2) is 12.6 Å². The topological polar surface area (TPSA) is 15.3 Å². The van der Waals surface area contributed by atoms with Crippen molar-refractivity contribution >= 4 is 39.0 Å². The Kier molecular flexibility index (Phi) is 8.06. The van der Waals surface area contributed by atoms with Crippen molar-refractivity contribution in [2.45, 2.75) is 18.9 Å². The minimum absolute atomic E-state index is 0.293. The number of rotatable bonds is 9. The van der Waals surface area contributed by atoms with E-state index in [-0.39, 0.29) is 0 Å². The number of hydrogen-bond donors (Lipinski definition) is 1. The zero-order chi connectivity index (χ0) is 32.3. The number of nitrogens with zero attached hydrogens (tertiary/aromatic N) is 1. The van der Waals surface area contributed by atoms with E-state index in [9.17, 15) is 0 Å². The number of hydrogen-bond acceptors (Lipinski definition) is 2. The molecule has 2 aliphatic rings. The van der Waals surface area contributed by atoms with E-state index in [1.165, 1.54) is 55.5 Å². The van der Waals surface area contributed by atoms with Crippen LogP contribution in [0.25, 0.3) is 44.2 Å². The molecule has 1 aliphatic heterocycles. The highest BCUT2D eigenvalue weighted by atomic mass is 15.2. The predicted molar refractivity (Wildman–Crippen MR) is 207 cm³/mol. The monoisotopic (exact) mass is 618 g/mol. The largest absolute Gasteiger partial charge is 0.385 e. The summed E-state index contributed by atoms with van der Waals surface area (Å²) in [5.74, 6) is 0. The van der Waals surface area contributed by atoms with Crippen LogP contribution >= 0.6 is 0 Å². The summed E-state index contributed by atoms with van der Waals surface area (Å²) in [6.07, 6.45) is 13.1. The molecule has 1 aliphatic carbocycles. The predicted octanol–water partition coefficient (Wildman–Crippen LogP) is 12.1. The van der Waals surface area contributed by atoms with Gasteiger partial charge in [0.25, 0.3) is 0 Å². The highest BCUT2D eigenvalue weighted by Gasteiger charge is 2.35. The molecule has 0 spiro atoms. The molecule has 0 fully saturated rings. The van der Waals surface area contributed by atoms with E-state index in [0.717, 1.165) is 36.2 Å². The van der Waals surface area contributed by atoms with Gasteiger partial charge < -0.3 is 10.2 Å². The van der Waals surface area contributed by atoms with Crippen LogP contribution in [0, 0.1) is 0 Å². The maximum absolute atomic E-state index is 4.40. The molecule has 0 saturated carbocycles. The lowest BCUT2D eigenvalue weighted by Gasteiger charge is -2.28. The smallest absolute Gasteiger partial charge is 0.0632 e. The molecule has 6 aromatic rings. The van der Waals surface area contributed by atoms with Crippen molar-refractivity contribution in [2.75, 3.05) is 16.8 Å². The van der Waals surface area contributed by atoms with E-state index >= 15 is 0 Å². The van der Waals surface area contributed by atoms with E-state index in [4.69, 9.17) is 0 Å². The molecule has 1 heterocycles. The summed E-state index contributed by atoms with van der Waals surface area (Å²) < 4.78 is 0. The van der Waals surface area contributed by atoms with E-state index in [2.05, 4.69) is 181 Å². The quantitative estimate of drug-likeness (QED) is 0.128. The molecule has 1 unspecified atom stereocenters. The SMILES string of the molecule is C=C(/C=C\CCNc1ccccc1)c1cccc(-c2ccccc2-c2ccc3c(c2)C2=CC=CCC2N3c2ccc3ccccc3c2)c1. The molecule has 232 valence electrons. The maximum atomic E-state index is 4.40. The lowest BCUT2D eigenvalue weighted by Crippen LogP contribution is -2.27. The Hall–Kier alpha value is -5.86. The molecule has 0 saturated heterocycles. The minimum Gasteiger partial charge on any atom is -0.385 e. The van der Waals surface area contributed by atoms with Gasteiger partial charge in [-0.3, -0.25) is 0 Å². The van der Waals surface area contributed by atoms with Gasteiger partial charge in [-0.1, -0.05) is 134 Å². The van der Waals surface area contributed by atoms with E-state index in [0.29, 0.717) is 6.04 Å². The van der Waals surface area contributed by atoms with Gasteiger partial charge in [0.05, 0.1) is 6.04 Å². The molecule has 0 amide bonds. The van der Waals surface area contributed by atoms with Gasteiger partial charge in [0.1, 0.15) is 0 Å². The van der Waals surface area contributed by atoms with Gasteiger partial charge in [-0.15, -0.1) is 0 Å². The van der Waals surface area contributed by atoms with Crippen LogP contribution in [-0.2, 0) is 0 Å². The average Bonchev–Trinajstić information content (AvgIpc) is 3.48. The van der Waals surface area contributed by atoms with E-state index in [1.54, 1.807) is 0 Å². The van der Waals surface area contributed by atoms with Crippen LogP contribution in [0.2, 0.25) is 0 Å². The van der Waals surface area contributed by atoms with Crippen molar-refractivity contribution in [3.8, 4) is 22.3 Å². The first kappa shape index (κ1) is 29.5. The molecule has 48 heavy (non-hydrogen) atoms. The Morgan fingerprint density at radius 2 is 1.48 bits per heavy atom. The van der Waals surface area contributed by atoms with Gasteiger partial charge in [0, 0.05) is 29.2 Å². The molecular weight excluding hydrogens is 581 g/mol. The molecule has 2 heteroatoms. The second-order valence-electron chi connectivity index (χ2n) is 12.6. The summed E-state index contributed by atoms with van der Waals surface area (Å²) in [6, 6.07) is 50.7. The van der Waals surface area contributed by atoms with Gasteiger partial charge >= 0.3 is 0 Å². The first-order valence-corrected chi connectivity index (χ1v) is 16.9. The minimum atomic E-state index is 0.293. The van der Waals surface area contributed by atoms with Crippen LogP contribution in [0.5, 0.6) is 0 Å². The van der Waals surface area contributed by atoms with E-state index < -0.39 is 0 Å². The zero-order valence-corrected chi connectivity index (χ0v) is 27.0. The number of nitrogens with one attached hydrogen (secondary N) is 1. The van der Waals surface area contributed by atoms with Gasteiger partial charge in [0.15, 0.2) is 0 Å². The fraction of sp³-hybridized carbons (Fsp3) is 0.0870. The zero-order valence-electron chi connectivity index (χ0n) is 27.0. The molecule has 1 atom stereocenters. The Balaban J connectivity index is 1.08. The molecule has 2 nitrogen and oxygen atoms in total. The van der Waals surface area contributed by atoms with Crippen molar-refractivity contribution in [1.29, 1.82) is 0 Å². The summed E-state index contributed by atoms with van der Waals surface area (Å²) in [5, 5.41) is 6.01. The standard InChI is InChI=1S/C46H38N2/c1-33(14-11-12-29-47-39-19-3-2-4-20-39)35-17-13-18-37(30-35)41-21-7-8-22-42(41)38-26-28-46-44(32-38)43-23-9-10-24-45(43)48(46)40-27-25-34-15-5-6-16-36(34)31-40/h2-11,13-23,25-28,30-32,45,47H,1,12,24,29H2/b14-11-. The Labute approximate surface area is 283 Å². The van der Waals surface area contributed by atoms with Gasteiger partial charge in [-0.2, -0.15) is 0 Å². The number of fused-ring (bicyclic) bond motifs is 4. The summed E-state index contributed by atoms with van der Waals surface area (Å²) in [6.45, 7) is 5.28. The summed E-state index contributed by atoms with van der Waals surface area (Å²) >= 11 is 0. The molecule has 0 bridgehead atoms. The Morgan fingerprint density at radius 3 is 2.33 bits per heavy atom. The average molecular weight is 619 g/mol. The van der Waals surface area contributed by atoms with Crippen molar-refractivity contribution in [3.05, 3.63) is 188 Å². The number of benzene rings is 6. The van der Waals surface area contributed by atoms with Crippen LogP contribution in [0.1, 0.15) is 24.0 Å². The third-order valence-corrected chi connectivity index (χ3v) is 9.54. The first-order chi connectivity index (χ1) is 23.7. The lowest BCUT2D eigenvalue weighted by molar-refractivity contribution is 0.830. The molecule has 6 aromatic carbocycles. The normalized spacial score (nSPS) is 15.0. The van der Waals surface area contributed by atoms with Crippen molar-refractivity contribution in [2.24, 2.45) is 0 Å². The van der Waals surface area contributed by atoms with Crippen LogP contribution in [0.4, 0.5) is 17.1 Å². The molecule has 0 aromatic heterocycles. The van der Waals surface area contributed by atoms with Crippen LogP contribution in [0.3, 0.4) is 0 Å². The third-order valence-electron chi connectivity index (χ3n) is 9.54. The van der Waals surface area contributed by atoms with Gasteiger partial charge in [0.2, 0.25) is 0 Å². The first-order valence-electron chi connectivity index (χ1n) is 16.9. The van der Waals surface area contributed by atoms with Crippen LogP contribution < -0.4 is 10.2 Å². The molecule has 0 radical (unpaired) electrons. The maximum Gasteiger partial charge on any atom is 0.0632 e. The number of allylic oxidation sites excluding steroid dienone is 4. The Morgan fingerprint density at radius 1 is 0.708 bits per heavy atom. The highest BCUT2D eigenvalue weighted by molar-refractivity contribution is 5.98. The second-order valence-corrected chi connectivity index (χ2v) is 12.6. The molecule has 8 rings (SSSR count). The van der Waals surface area contributed by atoms with Crippen LogP contribution in [0.15, 0.2) is 176 Å². The van der Waals surface area contributed by atoms with E-state index in [1.807, 2.05) is 6.07 Å². The summed E-state index contributed by atoms with van der Waals surface area (Å²) in [4.78, 5) is 2.53. The summed E-state index contributed by atoms with van der Waals surface area (Å²) in [7, 11) is 0. The fourth-order valence-corrected chi connectivity index (χ4v) is 7.14. The third kappa shape index (κ3) is 5.78. The van der Waals surface area contributed by atoms with Crippen molar-refractivity contribution in [1.82, 2.24) is 0 Å². The highest BCUT2D eigenvalue weighted by Crippen LogP contribution is 2.49. The molecular formula is C46H38N2. The van der Waals surface area contributed by atoms with Gasteiger partial charge in [-0.05, 0) is 105 Å². The van der Waals surface area contributed by atoms with Crippen molar-refractivity contribution < 1.29 is 0 Å². The molecule has 1 N–H and O–H groups in total. The number of para-hydroxylation sites is 1. The second kappa shape index (κ2) is 13.1. The summed E-state index contributed by atoms with van der Waals surface area (Å²) in [5.41, 5.74) is 13.4. The number of anilines is 3. The van der Waals surface area contributed by atoms with Crippen molar-refractivity contribution in [3.63, 3.8) is 0 Å². The lowest BCUT2D eigenvalue weighted by atomic mass is 9.90. The fourth-order valence-electron chi connectivity index (χ4n) is 7.14. The van der Waals surface area contributed by atoms with Gasteiger partial charge in [-0.25, -0.2) is 0 Å².